The molecule has 138 valence electrons. The molecule has 1 saturated heterocycles. The van der Waals surface area contributed by atoms with Gasteiger partial charge in [0.15, 0.2) is 5.82 Å². The van der Waals surface area contributed by atoms with E-state index in [4.69, 9.17) is 10.7 Å². The summed E-state index contributed by atoms with van der Waals surface area (Å²) in [7, 11) is 0. The van der Waals surface area contributed by atoms with Crippen molar-refractivity contribution in [3.8, 4) is 11.4 Å². The first-order valence-electron chi connectivity index (χ1n) is 9.17. The molecule has 0 bridgehead atoms. The predicted octanol–water partition coefficient (Wildman–Crippen LogP) is 4.60. The second-order valence-electron chi connectivity index (χ2n) is 6.92. The number of aromatic nitrogens is 2. The lowest BCUT2D eigenvalue weighted by Crippen LogP contribution is -2.35. The molecule has 0 saturated carbocycles. The number of allylic oxidation sites excluding steroid dienone is 1. The summed E-state index contributed by atoms with van der Waals surface area (Å²) in [4.78, 5) is 25.7. The van der Waals surface area contributed by atoms with E-state index in [-0.39, 0.29) is 5.91 Å². The van der Waals surface area contributed by atoms with Gasteiger partial charge in [0, 0.05) is 24.2 Å². The molecule has 0 spiro atoms. The van der Waals surface area contributed by atoms with Crippen molar-refractivity contribution < 1.29 is 4.79 Å². The second-order valence-corrected chi connectivity index (χ2v) is 7.92. The maximum atomic E-state index is 13.2. The van der Waals surface area contributed by atoms with Crippen molar-refractivity contribution in [1.82, 2.24) is 14.9 Å². The van der Waals surface area contributed by atoms with Crippen LogP contribution < -0.4 is 5.73 Å². The Bertz CT molecular complexity index is 1020. The van der Waals surface area contributed by atoms with E-state index in [0.29, 0.717) is 16.5 Å². The lowest BCUT2D eigenvalue weighted by Gasteiger charge is -2.26. The van der Waals surface area contributed by atoms with Crippen LogP contribution in [-0.4, -0.2) is 33.9 Å². The number of carbonyl (C=O) groups excluding carboxylic acids is 1. The molecule has 0 atom stereocenters. The fraction of sp³-hybridized carbons (Fsp3) is 0.286. The Balaban J connectivity index is 1.87. The fourth-order valence-corrected chi connectivity index (χ4v) is 4.77. The predicted molar refractivity (Wildman–Crippen MR) is 112 cm³/mol. The topological polar surface area (TPSA) is 72.1 Å². The molecule has 6 heteroatoms. The lowest BCUT2D eigenvalue weighted by molar-refractivity contribution is 0.0729. The number of hydrogen-bond acceptors (Lipinski definition) is 5. The molecular weight excluding hydrogens is 356 g/mol. The molecule has 3 heterocycles. The van der Waals surface area contributed by atoms with E-state index in [0.717, 1.165) is 52.8 Å². The van der Waals surface area contributed by atoms with Gasteiger partial charge in [0.25, 0.3) is 5.91 Å². The number of anilines is 1. The van der Waals surface area contributed by atoms with Crippen LogP contribution in [0.25, 0.3) is 27.2 Å². The van der Waals surface area contributed by atoms with Crippen LogP contribution in [0.5, 0.6) is 0 Å². The Morgan fingerprint density at radius 3 is 2.52 bits per heavy atom. The van der Waals surface area contributed by atoms with Gasteiger partial charge in [0.2, 0.25) is 0 Å². The molecule has 1 aliphatic rings. The molecule has 1 aliphatic heterocycles. The van der Waals surface area contributed by atoms with Crippen LogP contribution in [0.4, 0.5) is 5.82 Å². The van der Waals surface area contributed by atoms with Crippen LogP contribution in [0.2, 0.25) is 0 Å². The SMILES string of the molecule is C=C(C)c1c(C(=O)N2CCCCC2)sc2nc(-c3ccccc3)nc(N)c12. The van der Waals surface area contributed by atoms with E-state index in [1.807, 2.05) is 42.2 Å². The first-order chi connectivity index (χ1) is 13.1. The molecule has 1 amide bonds. The summed E-state index contributed by atoms with van der Waals surface area (Å²) in [6.07, 6.45) is 3.29. The minimum atomic E-state index is 0.0522. The number of fused-ring (bicyclic) bond motifs is 1. The number of likely N-dealkylation sites (tertiary alicyclic amines) is 1. The molecule has 0 radical (unpaired) electrons. The summed E-state index contributed by atoms with van der Waals surface area (Å²) in [5, 5.41) is 0.743. The van der Waals surface area contributed by atoms with Gasteiger partial charge >= 0.3 is 0 Å². The van der Waals surface area contributed by atoms with E-state index in [1.165, 1.54) is 17.8 Å². The number of nitrogen functional groups attached to an aromatic ring is 1. The number of carbonyl (C=O) groups is 1. The van der Waals surface area contributed by atoms with E-state index in [2.05, 4.69) is 11.6 Å². The Hall–Kier alpha value is -2.73. The van der Waals surface area contributed by atoms with Crippen molar-refractivity contribution in [2.45, 2.75) is 26.2 Å². The van der Waals surface area contributed by atoms with Crippen LogP contribution >= 0.6 is 11.3 Å². The van der Waals surface area contributed by atoms with Crippen molar-refractivity contribution in [2.24, 2.45) is 0 Å². The lowest BCUT2D eigenvalue weighted by atomic mass is 10.0. The van der Waals surface area contributed by atoms with E-state index < -0.39 is 0 Å². The van der Waals surface area contributed by atoms with Crippen LogP contribution in [0, 0.1) is 0 Å². The smallest absolute Gasteiger partial charge is 0.264 e. The number of piperidine rings is 1. The molecule has 3 aromatic rings. The molecule has 0 aliphatic carbocycles. The average molecular weight is 379 g/mol. The van der Waals surface area contributed by atoms with Crippen LogP contribution in [0.15, 0.2) is 36.9 Å². The third-order valence-corrected chi connectivity index (χ3v) is 5.95. The van der Waals surface area contributed by atoms with Crippen molar-refractivity contribution >= 4 is 38.9 Å². The minimum Gasteiger partial charge on any atom is -0.383 e. The second kappa shape index (κ2) is 7.12. The standard InChI is InChI=1S/C21H22N4OS/c1-13(2)15-16-18(22)23-19(14-9-5-3-6-10-14)24-20(16)27-17(15)21(26)25-11-7-4-8-12-25/h3,5-6,9-10H,1,4,7-8,11-12H2,2H3,(H2,22,23,24). The maximum Gasteiger partial charge on any atom is 0.264 e. The van der Waals surface area contributed by atoms with E-state index >= 15 is 0 Å². The minimum absolute atomic E-state index is 0.0522. The maximum absolute atomic E-state index is 13.2. The Labute approximate surface area is 162 Å². The van der Waals surface area contributed by atoms with Crippen LogP contribution in [-0.2, 0) is 0 Å². The molecule has 1 aromatic carbocycles. The summed E-state index contributed by atoms with van der Waals surface area (Å²) in [5.41, 5.74) is 8.82. The summed E-state index contributed by atoms with van der Waals surface area (Å²) < 4.78 is 0. The largest absolute Gasteiger partial charge is 0.383 e. The van der Waals surface area contributed by atoms with Gasteiger partial charge in [-0.1, -0.05) is 36.9 Å². The first-order valence-corrected chi connectivity index (χ1v) is 9.98. The summed E-state index contributed by atoms with van der Waals surface area (Å²) in [6, 6.07) is 9.74. The number of nitrogens with zero attached hydrogens (tertiary/aromatic N) is 3. The molecule has 2 N–H and O–H groups in total. The highest BCUT2D eigenvalue weighted by atomic mass is 32.1. The summed E-state index contributed by atoms with van der Waals surface area (Å²) in [6.45, 7) is 7.59. The average Bonchev–Trinajstić information content (AvgIpc) is 3.09. The van der Waals surface area contributed by atoms with Gasteiger partial charge in [-0.15, -0.1) is 11.3 Å². The highest BCUT2D eigenvalue weighted by Gasteiger charge is 2.27. The zero-order valence-corrected chi connectivity index (χ0v) is 16.2. The highest BCUT2D eigenvalue weighted by molar-refractivity contribution is 7.20. The zero-order valence-electron chi connectivity index (χ0n) is 15.4. The zero-order chi connectivity index (χ0) is 19.0. The van der Waals surface area contributed by atoms with Gasteiger partial charge in [-0.2, -0.15) is 0 Å². The number of nitrogens with two attached hydrogens (primary N) is 1. The third-order valence-electron chi connectivity index (χ3n) is 4.88. The first kappa shape index (κ1) is 17.7. The number of amides is 1. The Kier molecular flexibility index (Phi) is 4.66. The highest BCUT2D eigenvalue weighted by Crippen LogP contribution is 2.39. The monoisotopic (exact) mass is 378 g/mol. The van der Waals surface area contributed by atoms with Crippen molar-refractivity contribution in [1.29, 1.82) is 0 Å². The Morgan fingerprint density at radius 2 is 1.85 bits per heavy atom. The number of rotatable bonds is 3. The molecule has 0 unspecified atom stereocenters. The molecule has 2 aromatic heterocycles. The van der Waals surface area contributed by atoms with Crippen molar-refractivity contribution in [3.63, 3.8) is 0 Å². The Morgan fingerprint density at radius 1 is 1.15 bits per heavy atom. The van der Waals surface area contributed by atoms with Gasteiger partial charge in [-0.05, 0) is 31.8 Å². The van der Waals surface area contributed by atoms with Crippen LogP contribution in [0.3, 0.4) is 0 Å². The molecule has 4 rings (SSSR count). The van der Waals surface area contributed by atoms with Gasteiger partial charge in [0.1, 0.15) is 15.5 Å². The summed E-state index contributed by atoms with van der Waals surface area (Å²) in [5.74, 6) is 1.02. The van der Waals surface area contributed by atoms with Crippen LogP contribution in [0.1, 0.15) is 41.4 Å². The normalized spacial score (nSPS) is 14.5. The third kappa shape index (κ3) is 3.21. The molecule has 5 nitrogen and oxygen atoms in total. The van der Waals surface area contributed by atoms with Crippen molar-refractivity contribution in [3.05, 3.63) is 47.4 Å². The fourth-order valence-electron chi connectivity index (χ4n) is 3.54. The van der Waals surface area contributed by atoms with E-state index in [9.17, 15) is 4.79 Å². The van der Waals surface area contributed by atoms with Gasteiger partial charge in [-0.3, -0.25) is 4.79 Å². The van der Waals surface area contributed by atoms with Gasteiger partial charge in [-0.25, -0.2) is 9.97 Å². The summed E-state index contributed by atoms with van der Waals surface area (Å²) >= 11 is 1.39. The number of hydrogen-bond donors (Lipinski definition) is 1. The molecular formula is C21H22N4OS. The number of thiophene rings is 1. The molecule has 1 fully saturated rings. The molecule has 27 heavy (non-hydrogen) atoms. The van der Waals surface area contributed by atoms with E-state index in [1.54, 1.807) is 0 Å². The number of benzene rings is 1. The quantitative estimate of drug-likeness (QED) is 0.723. The van der Waals surface area contributed by atoms with Gasteiger partial charge in [0.05, 0.1) is 5.39 Å². The van der Waals surface area contributed by atoms with Crippen molar-refractivity contribution in [2.75, 3.05) is 18.8 Å². The van der Waals surface area contributed by atoms with Gasteiger partial charge < -0.3 is 10.6 Å².